The first-order valence-corrected chi connectivity index (χ1v) is 10.9. The molecule has 30 heavy (non-hydrogen) atoms. The van der Waals surface area contributed by atoms with Gasteiger partial charge in [0.25, 0.3) is 0 Å². The zero-order chi connectivity index (χ0) is 22.3. The summed E-state index contributed by atoms with van der Waals surface area (Å²) in [6, 6.07) is 7.38. The van der Waals surface area contributed by atoms with E-state index in [1.54, 1.807) is 19.2 Å². The van der Waals surface area contributed by atoms with Crippen LogP contribution < -0.4 is 0 Å². The first-order chi connectivity index (χ1) is 14.5. The molecule has 0 spiro atoms. The molecule has 5 heteroatoms. The molecule has 4 rings (SSSR count). The van der Waals surface area contributed by atoms with Crippen LogP contribution in [0, 0.1) is 5.92 Å². The molecule has 2 aliphatic heterocycles. The lowest BCUT2D eigenvalue weighted by Gasteiger charge is -2.30. The minimum absolute atomic E-state index is 0.0706. The van der Waals surface area contributed by atoms with Crippen molar-refractivity contribution < 1.29 is 14.9 Å². The largest absolute Gasteiger partial charge is 0.508 e. The summed E-state index contributed by atoms with van der Waals surface area (Å²) in [4.78, 5) is 7.14. The van der Waals surface area contributed by atoms with Gasteiger partial charge < -0.3 is 19.8 Å². The summed E-state index contributed by atoms with van der Waals surface area (Å²) in [5.74, 6) is 0.327. The highest BCUT2D eigenvalue weighted by Crippen LogP contribution is 2.39. The second-order valence-corrected chi connectivity index (χ2v) is 7.54. The van der Waals surface area contributed by atoms with Crippen molar-refractivity contribution in [2.45, 2.75) is 47.6 Å². The number of rotatable bonds is 4. The monoisotopic (exact) mass is 412 g/mol. The Morgan fingerprint density at radius 2 is 1.87 bits per heavy atom. The number of aliphatic hydroxyl groups excluding tert-OH is 1. The van der Waals surface area contributed by atoms with Crippen LogP contribution in [0.25, 0.3) is 16.6 Å². The molecule has 2 aromatic rings. The Balaban J connectivity index is 0.000000590. The predicted molar refractivity (Wildman–Crippen MR) is 124 cm³/mol. The second-order valence-electron chi connectivity index (χ2n) is 7.54. The molecule has 0 bridgehead atoms. The molecule has 0 fully saturated rings. The van der Waals surface area contributed by atoms with E-state index in [9.17, 15) is 10.2 Å². The molecular weight excluding hydrogens is 376 g/mol. The van der Waals surface area contributed by atoms with E-state index in [4.69, 9.17) is 9.72 Å². The van der Waals surface area contributed by atoms with E-state index in [0.717, 1.165) is 41.0 Å². The minimum atomic E-state index is 0.0706. The quantitative estimate of drug-likeness (QED) is 0.729. The maximum absolute atomic E-state index is 9.71. The minimum Gasteiger partial charge on any atom is -0.508 e. The number of pyridine rings is 1. The predicted octanol–water partition coefficient (Wildman–Crippen LogP) is 5.12. The van der Waals surface area contributed by atoms with E-state index in [1.807, 2.05) is 26.8 Å². The molecule has 2 aliphatic rings. The highest BCUT2D eigenvalue weighted by Gasteiger charge is 2.31. The Hall–Kier alpha value is -2.37. The van der Waals surface area contributed by atoms with Gasteiger partial charge in [-0.2, -0.15) is 0 Å². The fraction of sp³-hybridized carbons (Fsp3) is 0.480. The van der Waals surface area contributed by atoms with Crippen LogP contribution in [0.15, 0.2) is 41.5 Å². The van der Waals surface area contributed by atoms with Crippen LogP contribution in [0.2, 0.25) is 0 Å². The molecule has 2 N–H and O–H groups in total. The first-order valence-electron chi connectivity index (χ1n) is 10.9. The van der Waals surface area contributed by atoms with Crippen LogP contribution in [0.4, 0.5) is 0 Å². The van der Waals surface area contributed by atoms with Crippen LogP contribution >= 0.6 is 0 Å². The molecule has 1 aromatic carbocycles. The van der Waals surface area contributed by atoms with Gasteiger partial charge in [0.15, 0.2) is 0 Å². The lowest BCUT2D eigenvalue weighted by atomic mass is 9.92. The number of aliphatic hydroxyl groups is 1. The number of allylic oxidation sites excluding steroid dienone is 1. The number of aromatic nitrogens is 1. The van der Waals surface area contributed by atoms with Crippen LogP contribution in [-0.2, 0) is 11.3 Å². The standard InChI is InChI=1S/C20H22N2O3.C3H8.C2H6/c1-12(10-23)17-7-19-20-14(8-22(19)9-15(17)11-25-2)5-13-6-16(24)3-4-18(13)21-20;1-3-2;1-2/h3-7,12,23-24H,8-11H2,1-2H3;3H2,1-2H3;1-2H3. The number of methoxy groups -OCH3 is 1. The van der Waals surface area contributed by atoms with Crippen molar-refractivity contribution >= 4 is 16.6 Å². The number of aromatic hydroxyl groups is 1. The molecule has 0 radical (unpaired) electrons. The lowest BCUT2D eigenvalue weighted by Crippen LogP contribution is -2.27. The van der Waals surface area contributed by atoms with Crippen molar-refractivity contribution in [3.05, 3.63) is 52.7 Å². The number of hydrogen-bond acceptors (Lipinski definition) is 5. The van der Waals surface area contributed by atoms with E-state index in [-0.39, 0.29) is 18.3 Å². The van der Waals surface area contributed by atoms with Crippen molar-refractivity contribution in [1.82, 2.24) is 9.88 Å². The summed E-state index contributed by atoms with van der Waals surface area (Å²) >= 11 is 0. The number of phenolic OH excluding ortho intramolecular Hbond substituents is 1. The summed E-state index contributed by atoms with van der Waals surface area (Å²) in [5.41, 5.74) is 6.51. The molecule has 0 amide bonds. The molecule has 5 nitrogen and oxygen atoms in total. The van der Waals surface area contributed by atoms with Crippen molar-refractivity contribution in [2.24, 2.45) is 5.92 Å². The average Bonchev–Trinajstić information content (AvgIpc) is 3.09. The van der Waals surface area contributed by atoms with Gasteiger partial charge in [-0.05, 0) is 47.1 Å². The van der Waals surface area contributed by atoms with Gasteiger partial charge in [-0.15, -0.1) is 0 Å². The van der Waals surface area contributed by atoms with Gasteiger partial charge >= 0.3 is 0 Å². The Bertz CT molecular complexity index is 918. The van der Waals surface area contributed by atoms with Crippen LogP contribution in [-0.4, -0.2) is 47.0 Å². The van der Waals surface area contributed by atoms with Gasteiger partial charge in [0.05, 0.1) is 23.5 Å². The van der Waals surface area contributed by atoms with E-state index in [2.05, 4.69) is 30.9 Å². The van der Waals surface area contributed by atoms with E-state index in [1.165, 1.54) is 17.6 Å². The fourth-order valence-corrected chi connectivity index (χ4v) is 3.75. The zero-order valence-electron chi connectivity index (χ0n) is 19.2. The Morgan fingerprint density at radius 3 is 2.50 bits per heavy atom. The summed E-state index contributed by atoms with van der Waals surface area (Å²) in [5, 5.41) is 20.3. The van der Waals surface area contributed by atoms with Crippen molar-refractivity contribution in [3.8, 4) is 5.75 Å². The van der Waals surface area contributed by atoms with Gasteiger partial charge in [0.2, 0.25) is 0 Å². The van der Waals surface area contributed by atoms with Crippen LogP contribution in [0.3, 0.4) is 0 Å². The molecule has 3 heterocycles. The Labute approximate surface area is 180 Å². The number of benzene rings is 1. The zero-order valence-corrected chi connectivity index (χ0v) is 19.2. The smallest absolute Gasteiger partial charge is 0.116 e. The number of hydrogen-bond donors (Lipinski definition) is 2. The Morgan fingerprint density at radius 1 is 1.17 bits per heavy atom. The van der Waals surface area contributed by atoms with Crippen LogP contribution in [0.5, 0.6) is 5.75 Å². The molecule has 1 unspecified atom stereocenters. The molecule has 0 aliphatic carbocycles. The summed E-state index contributed by atoms with van der Waals surface area (Å²) < 4.78 is 5.37. The van der Waals surface area contributed by atoms with Crippen molar-refractivity contribution in [3.63, 3.8) is 0 Å². The highest BCUT2D eigenvalue weighted by atomic mass is 16.5. The summed E-state index contributed by atoms with van der Waals surface area (Å²) in [6.45, 7) is 12.6. The van der Waals surface area contributed by atoms with Gasteiger partial charge in [0, 0.05) is 38.1 Å². The van der Waals surface area contributed by atoms with E-state index in [0.29, 0.717) is 6.61 Å². The highest BCUT2D eigenvalue weighted by molar-refractivity contribution is 5.85. The number of ether oxygens (including phenoxy) is 1. The van der Waals surface area contributed by atoms with Crippen LogP contribution in [0.1, 0.15) is 52.3 Å². The van der Waals surface area contributed by atoms with Crippen molar-refractivity contribution in [1.29, 1.82) is 0 Å². The normalized spacial score (nSPS) is 15.4. The second kappa shape index (κ2) is 11.1. The Kier molecular flexibility index (Phi) is 8.88. The maximum atomic E-state index is 9.71. The molecule has 1 aromatic heterocycles. The molecule has 1 atom stereocenters. The van der Waals surface area contributed by atoms with Gasteiger partial charge in [-0.25, -0.2) is 4.98 Å². The molecule has 164 valence electrons. The fourth-order valence-electron chi connectivity index (χ4n) is 3.75. The topological polar surface area (TPSA) is 65.8 Å². The third-order valence-corrected chi connectivity index (χ3v) is 5.03. The molecular formula is C25H36N2O3. The van der Waals surface area contributed by atoms with Gasteiger partial charge in [-0.3, -0.25) is 0 Å². The number of nitrogens with zero attached hydrogens (tertiary/aromatic N) is 2. The summed E-state index contributed by atoms with van der Waals surface area (Å²) in [7, 11) is 1.70. The number of fused-ring (bicyclic) bond motifs is 4. The summed E-state index contributed by atoms with van der Waals surface area (Å²) in [6.07, 6.45) is 3.41. The number of phenols is 1. The third-order valence-electron chi connectivity index (χ3n) is 5.03. The van der Waals surface area contributed by atoms with E-state index < -0.39 is 0 Å². The molecule has 0 saturated carbocycles. The maximum Gasteiger partial charge on any atom is 0.116 e. The molecule has 0 saturated heterocycles. The van der Waals surface area contributed by atoms with Gasteiger partial charge in [0.1, 0.15) is 5.75 Å². The van der Waals surface area contributed by atoms with E-state index >= 15 is 0 Å². The SMILES string of the molecule is CC.CCC.COCC1=C(C(C)CO)C=C2c3nc4ccc(O)cc4cc3CN2C1. The average molecular weight is 413 g/mol. The lowest BCUT2D eigenvalue weighted by molar-refractivity contribution is 0.212. The van der Waals surface area contributed by atoms with Gasteiger partial charge in [-0.1, -0.05) is 41.0 Å². The first kappa shape index (κ1) is 23.9. The van der Waals surface area contributed by atoms with Crippen molar-refractivity contribution in [2.75, 3.05) is 26.9 Å². The third kappa shape index (κ3) is 5.02.